The molecule has 1 aromatic carbocycles. The molecule has 0 aliphatic carbocycles. The largest absolute Gasteiger partial charge is 0.284 e. The fourth-order valence-corrected chi connectivity index (χ4v) is 5.54. The molecule has 0 saturated carbocycles. The Hall–Kier alpha value is -1.98. The molecule has 1 fully saturated rings. The molecular formula is C18H25N5O4S2. The molecule has 29 heavy (non-hydrogen) atoms. The van der Waals surface area contributed by atoms with E-state index in [0.717, 1.165) is 30.7 Å². The molecule has 1 atom stereocenters. The van der Waals surface area contributed by atoms with Gasteiger partial charge in [-0.15, -0.1) is 5.10 Å². The molecule has 2 heterocycles. The molecule has 9 nitrogen and oxygen atoms in total. The Kier molecular flexibility index (Phi) is 6.02. The summed E-state index contributed by atoms with van der Waals surface area (Å²) in [6, 6.07) is 4.01. The molecular weight excluding hydrogens is 414 g/mol. The van der Waals surface area contributed by atoms with Gasteiger partial charge in [-0.25, -0.2) is 13.4 Å². The highest BCUT2D eigenvalue weighted by Gasteiger charge is 2.31. The number of nitro groups is 1. The smallest absolute Gasteiger partial charge is 0.262 e. The second-order valence-electron chi connectivity index (χ2n) is 8.32. The van der Waals surface area contributed by atoms with Crippen LogP contribution in [0.2, 0.25) is 0 Å². The van der Waals surface area contributed by atoms with E-state index in [1.807, 2.05) is 27.7 Å². The van der Waals surface area contributed by atoms with Crippen molar-refractivity contribution in [1.82, 2.24) is 19.5 Å². The number of nitrogens with zero attached hydrogens (tertiary/aromatic N) is 4. The first-order valence-electron chi connectivity index (χ1n) is 9.38. The van der Waals surface area contributed by atoms with Gasteiger partial charge in [0.15, 0.2) is 0 Å². The third kappa shape index (κ3) is 4.78. The van der Waals surface area contributed by atoms with E-state index in [1.54, 1.807) is 0 Å². The number of nitro benzene ring substituents is 1. The maximum absolute atomic E-state index is 13.0. The van der Waals surface area contributed by atoms with Gasteiger partial charge in [0.25, 0.3) is 5.69 Å². The fraction of sp³-hybridized carbons (Fsp3) is 0.556. The number of aromatic amines is 1. The molecule has 1 saturated heterocycles. The number of piperidine rings is 1. The van der Waals surface area contributed by atoms with Crippen molar-refractivity contribution < 1.29 is 13.3 Å². The summed E-state index contributed by atoms with van der Waals surface area (Å²) in [4.78, 5) is 15.7. The molecule has 1 aliphatic heterocycles. The summed E-state index contributed by atoms with van der Waals surface area (Å²) in [5.74, 6) is 0.937. The van der Waals surface area contributed by atoms with Gasteiger partial charge < -0.3 is 0 Å². The number of rotatable bonds is 5. The summed E-state index contributed by atoms with van der Waals surface area (Å²) in [6.07, 6.45) is 1.77. The number of hydrogen-bond donors (Lipinski definition) is 1. The summed E-state index contributed by atoms with van der Waals surface area (Å²) >= 11 is 1.03. The van der Waals surface area contributed by atoms with Gasteiger partial charge in [0, 0.05) is 24.6 Å². The Morgan fingerprint density at radius 2 is 2.07 bits per heavy atom. The topological polar surface area (TPSA) is 122 Å². The Balaban J connectivity index is 1.91. The van der Waals surface area contributed by atoms with Crippen molar-refractivity contribution in [1.29, 1.82) is 0 Å². The Labute approximate surface area is 174 Å². The van der Waals surface area contributed by atoms with E-state index in [0.29, 0.717) is 29.0 Å². The molecule has 0 spiro atoms. The van der Waals surface area contributed by atoms with Crippen molar-refractivity contribution in [2.75, 3.05) is 13.1 Å². The quantitative estimate of drug-likeness (QED) is 0.558. The molecule has 11 heteroatoms. The molecule has 0 amide bonds. The van der Waals surface area contributed by atoms with E-state index in [-0.39, 0.29) is 21.9 Å². The Morgan fingerprint density at radius 3 is 2.66 bits per heavy atom. The predicted molar refractivity (Wildman–Crippen MR) is 109 cm³/mol. The lowest BCUT2D eigenvalue weighted by Gasteiger charge is -2.30. The zero-order valence-electron chi connectivity index (χ0n) is 16.9. The first kappa shape index (κ1) is 21.7. The lowest BCUT2D eigenvalue weighted by Crippen LogP contribution is -2.39. The van der Waals surface area contributed by atoms with Crippen LogP contribution >= 0.6 is 11.8 Å². The number of sulfonamides is 1. The average Bonchev–Trinajstić information content (AvgIpc) is 3.10. The van der Waals surface area contributed by atoms with E-state index in [1.165, 1.54) is 16.4 Å². The lowest BCUT2D eigenvalue weighted by molar-refractivity contribution is -0.388. The third-order valence-corrected chi connectivity index (χ3v) is 7.55. The monoisotopic (exact) mass is 439 g/mol. The van der Waals surface area contributed by atoms with Gasteiger partial charge in [-0.1, -0.05) is 27.7 Å². The van der Waals surface area contributed by atoms with Crippen LogP contribution in [0.4, 0.5) is 5.69 Å². The summed E-state index contributed by atoms with van der Waals surface area (Å²) < 4.78 is 27.3. The summed E-state index contributed by atoms with van der Waals surface area (Å²) in [6.45, 7) is 8.80. The van der Waals surface area contributed by atoms with Crippen LogP contribution in [-0.4, -0.2) is 45.9 Å². The Bertz CT molecular complexity index is 1010. The highest BCUT2D eigenvalue weighted by molar-refractivity contribution is 7.99. The summed E-state index contributed by atoms with van der Waals surface area (Å²) in [7, 11) is -3.77. The first-order chi connectivity index (χ1) is 13.5. The van der Waals surface area contributed by atoms with Crippen LogP contribution in [0.3, 0.4) is 0 Å². The highest BCUT2D eigenvalue weighted by atomic mass is 32.2. The molecule has 0 radical (unpaired) electrons. The normalized spacial score (nSPS) is 18.7. The minimum atomic E-state index is -3.77. The molecule has 1 N–H and O–H groups in total. The van der Waals surface area contributed by atoms with Crippen molar-refractivity contribution >= 4 is 27.5 Å². The van der Waals surface area contributed by atoms with Crippen LogP contribution < -0.4 is 0 Å². The molecule has 0 unspecified atom stereocenters. The van der Waals surface area contributed by atoms with Gasteiger partial charge in [-0.3, -0.25) is 15.2 Å². The molecule has 3 rings (SSSR count). The van der Waals surface area contributed by atoms with Crippen LogP contribution in [0.15, 0.2) is 33.1 Å². The number of nitrogens with one attached hydrogen (secondary N) is 1. The second-order valence-corrected chi connectivity index (χ2v) is 11.3. The maximum Gasteiger partial charge on any atom is 0.284 e. The second kappa shape index (κ2) is 8.04. The third-order valence-electron chi connectivity index (χ3n) is 4.76. The molecule has 158 valence electrons. The van der Waals surface area contributed by atoms with E-state index < -0.39 is 14.9 Å². The molecule has 1 aromatic heterocycles. The minimum absolute atomic E-state index is 0.0620. The van der Waals surface area contributed by atoms with E-state index in [2.05, 4.69) is 15.2 Å². The standard InChI is InChI=1S/C18H25N5O4S2/c1-12-6-5-9-22(11-12)29(26,27)13-7-8-15(14(10-13)23(24)25)28-17-19-16(20-21-17)18(2,3)4/h7-8,10,12H,5-6,9,11H2,1-4H3,(H,19,20,21)/t12-/m0/s1. The molecule has 2 aromatic rings. The van der Waals surface area contributed by atoms with Gasteiger partial charge >= 0.3 is 0 Å². The van der Waals surface area contributed by atoms with E-state index in [9.17, 15) is 18.5 Å². The van der Waals surface area contributed by atoms with Crippen LogP contribution in [0.1, 0.15) is 46.4 Å². The summed E-state index contributed by atoms with van der Waals surface area (Å²) in [5, 5.41) is 18.9. The zero-order valence-corrected chi connectivity index (χ0v) is 18.5. The molecule has 0 bridgehead atoms. The van der Waals surface area contributed by atoms with E-state index >= 15 is 0 Å². The number of H-pyrrole nitrogens is 1. The number of aromatic nitrogens is 3. The van der Waals surface area contributed by atoms with Gasteiger partial charge in [0.05, 0.1) is 14.7 Å². The fourth-order valence-electron chi connectivity index (χ4n) is 3.13. The highest BCUT2D eigenvalue weighted by Crippen LogP contribution is 2.36. The van der Waals surface area contributed by atoms with Crippen molar-refractivity contribution in [3.8, 4) is 0 Å². The number of hydrogen-bond acceptors (Lipinski definition) is 7. The number of benzene rings is 1. The SMILES string of the molecule is C[C@H]1CCCN(S(=O)(=O)c2ccc(Sc3n[nH]c(C(C)(C)C)n3)c([N+](=O)[O-])c2)C1. The van der Waals surface area contributed by atoms with Crippen molar-refractivity contribution in [2.45, 2.75) is 60.9 Å². The van der Waals surface area contributed by atoms with Gasteiger partial charge in [0.1, 0.15) is 5.82 Å². The Morgan fingerprint density at radius 1 is 1.34 bits per heavy atom. The first-order valence-corrected chi connectivity index (χ1v) is 11.6. The van der Waals surface area contributed by atoms with Gasteiger partial charge in [-0.2, -0.15) is 4.31 Å². The lowest BCUT2D eigenvalue weighted by atomic mass is 9.96. The predicted octanol–water partition coefficient (Wildman–Crippen LogP) is 3.58. The maximum atomic E-state index is 13.0. The summed E-state index contributed by atoms with van der Waals surface area (Å²) in [5.41, 5.74) is -0.510. The average molecular weight is 440 g/mol. The van der Waals surface area contributed by atoms with Crippen molar-refractivity contribution in [3.05, 3.63) is 34.1 Å². The van der Waals surface area contributed by atoms with Crippen LogP contribution in [0.25, 0.3) is 0 Å². The van der Waals surface area contributed by atoms with Crippen molar-refractivity contribution in [3.63, 3.8) is 0 Å². The van der Waals surface area contributed by atoms with Crippen LogP contribution in [0.5, 0.6) is 0 Å². The van der Waals surface area contributed by atoms with Gasteiger partial charge in [0.2, 0.25) is 15.2 Å². The van der Waals surface area contributed by atoms with Gasteiger partial charge in [-0.05, 0) is 42.7 Å². The van der Waals surface area contributed by atoms with Crippen molar-refractivity contribution in [2.24, 2.45) is 5.92 Å². The van der Waals surface area contributed by atoms with E-state index in [4.69, 9.17) is 0 Å². The minimum Gasteiger partial charge on any atom is -0.262 e. The van der Waals surface area contributed by atoms with Crippen LogP contribution in [0, 0.1) is 16.0 Å². The van der Waals surface area contributed by atoms with Crippen LogP contribution in [-0.2, 0) is 15.4 Å². The molecule has 1 aliphatic rings. The zero-order chi connectivity index (χ0) is 21.4.